The average Bonchev–Trinajstić information content (AvgIpc) is 1.88. The fourth-order valence-corrected chi connectivity index (χ4v) is 2.06. The minimum atomic E-state index is -0.546. The van der Waals surface area contributed by atoms with Crippen LogP contribution in [0.2, 0.25) is 0 Å². The maximum atomic E-state index is 10.9. The highest BCUT2D eigenvalue weighted by molar-refractivity contribution is 7.85. The van der Waals surface area contributed by atoms with Gasteiger partial charge < -0.3 is 0 Å². The first kappa shape index (κ1) is 8.17. The zero-order valence-electron chi connectivity index (χ0n) is 6.54. The molecule has 0 unspecified atom stereocenters. The van der Waals surface area contributed by atoms with Crippen molar-refractivity contribution >= 4 is 10.8 Å². The lowest BCUT2D eigenvalue weighted by atomic mass is 10.6. The summed E-state index contributed by atoms with van der Waals surface area (Å²) in [5.41, 5.74) is 0. The van der Waals surface area contributed by atoms with E-state index < -0.39 is 10.8 Å². The van der Waals surface area contributed by atoms with Gasteiger partial charge in [-0.3, -0.25) is 4.21 Å². The Morgan fingerprint density at radius 2 is 1.80 bits per heavy atom. The minimum Gasteiger partial charge on any atom is -0.259 e. The molecule has 1 aliphatic heterocycles. The van der Waals surface area contributed by atoms with Crippen LogP contribution in [0.15, 0.2) is 0 Å². The van der Waals surface area contributed by atoms with E-state index in [1.807, 2.05) is 14.1 Å². The normalized spacial score (nSPS) is 23.9. The van der Waals surface area contributed by atoms with Gasteiger partial charge >= 0.3 is 0 Å². The number of nitrogens with zero attached hydrogens (tertiary/aromatic N) is 2. The zero-order chi connectivity index (χ0) is 7.56. The van der Waals surface area contributed by atoms with E-state index in [9.17, 15) is 4.21 Å². The highest BCUT2D eigenvalue weighted by Gasteiger charge is 2.15. The van der Waals surface area contributed by atoms with E-state index in [4.69, 9.17) is 0 Å². The Morgan fingerprint density at radius 3 is 2.20 bits per heavy atom. The Balaban J connectivity index is 2.33. The molecule has 0 aromatic carbocycles. The molecule has 1 saturated heterocycles. The summed E-state index contributed by atoms with van der Waals surface area (Å²) < 4.78 is 10.9. The van der Waals surface area contributed by atoms with Crippen LogP contribution in [-0.2, 0) is 10.8 Å². The summed E-state index contributed by atoms with van der Waals surface area (Å²) in [5.74, 6) is 1.66. The molecule has 60 valence electrons. The molecular weight excluding hydrogens is 148 g/mol. The monoisotopic (exact) mass is 162 g/mol. The third kappa shape index (κ3) is 2.04. The van der Waals surface area contributed by atoms with Crippen LogP contribution >= 0.6 is 0 Å². The van der Waals surface area contributed by atoms with Crippen LogP contribution in [0.1, 0.15) is 0 Å². The summed E-state index contributed by atoms with van der Waals surface area (Å²) >= 11 is 0. The second-order valence-electron chi connectivity index (χ2n) is 2.65. The van der Waals surface area contributed by atoms with Crippen molar-refractivity contribution in [1.82, 2.24) is 10.0 Å². The molecule has 3 nitrogen and oxygen atoms in total. The van der Waals surface area contributed by atoms with E-state index in [0.717, 1.165) is 24.6 Å². The van der Waals surface area contributed by atoms with E-state index in [1.165, 1.54) is 0 Å². The second-order valence-corrected chi connectivity index (χ2v) is 4.35. The van der Waals surface area contributed by atoms with Gasteiger partial charge in [0.2, 0.25) is 0 Å². The molecule has 1 fully saturated rings. The van der Waals surface area contributed by atoms with Gasteiger partial charge in [-0.25, -0.2) is 10.0 Å². The van der Waals surface area contributed by atoms with Crippen LogP contribution in [0.3, 0.4) is 0 Å². The molecule has 0 bridgehead atoms. The van der Waals surface area contributed by atoms with Gasteiger partial charge in [0.1, 0.15) is 0 Å². The molecule has 0 radical (unpaired) electrons. The van der Waals surface area contributed by atoms with Gasteiger partial charge in [0.05, 0.1) is 0 Å². The summed E-state index contributed by atoms with van der Waals surface area (Å²) in [5, 5.41) is 4.28. The van der Waals surface area contributed by atoms with E-state index in [-0.39, 0.29) is 0 Å². The maximum Gasteiger partial charge on any atom is 0.0377 e. The quantitative estimate of drug-likeness (QED) is 0.520. The summed E-state index contributed by atoms with van der Waals surface area (Å²) in [6.45, 7) is 1.89. The van der Waals surface area contributed by atoms with Crippen LogP contribution in [0.5, 0.6) is 0 Å². The lowest BCUT2D eigenvalue weighted by Crippen LogP contribution is -2.45. The Morgan fingerprint density at radius 1 is 1.30 bits per heavy atom. The number of hydrogen-bond acceptors (Lipinski definition) is 3. The molecule has 0 amide bonds. The Kier molecular flexibility index (Phi) is 2.82. The van der Waals surface area contributed by atoms with E-state index in [2.05, 4.69) is 10.0 Å². The molecule has 0 aromatic rings. The van der Waals surface area contributed by atoms with Gasteiger partial charge in [0, 0.05) is 49.5 Å². The number of rotatable bonds is 1. The smallest absolute Gasteiger partial charge is 0.0377 e. The van der Waals surface area contributed by atoms with Crippen LogP contribution in [-0.4, -0.2) is 52.9 Å². The summed E-state index contributed by atoms with van der Waals surface area (Å²) in [6.07, 6.45) is 0. The van der Waals surface area contributed by atoms with Gasteiger partial charge in [-0.2, -0.15) is 0 Å². The highest BCUT2D eigenvalue weighted by Crippen LogP contribution is 2.00. The first-order valence-electron chi connectivity index (χ1n) is 3.47. The largest absolute Gasteiger partial charge is 0.259 e. The van der Waals surface area contributed by atoms with Crippen LogP contribution in [0.25, 0.3) is 0 Å². The molecule has 0 aliphatic carbocycles. The van der Waals surface area contributed by atoms with Gasteiger partial charge in [-0.1, -0.05) is 0 Å². The highest BCUT2D eigenvalue weighted by atomic mass is 32.2. The minimum absolute atomic E-state index is 0.546. The van der Waals surface area contributed by atoms with Crippen molar-refractivity contribution in [2.45, 2.75) is 0 Å². The van der Waals surface area contributed by atoms with Gasteiger partial charge in [0.15, 0.2) is 0 Å². The predicted octanol–water partition coefficient (Wildman–Crippen LogP) is -0.473. The van der Waals surface area contributed by atoms with Crippen LogP contribution < -0.4 is 0 Å². The maximum absolute atomic E-state index is 10.9. The molecule has 4 heteroatoms. The molecule has 10 heavy (non-hydrogen) atoms. The number of hydrogen-bond donors (Lipinski definition) is 0. The van der Waals surface area contributed by atoms with E-state index in [1.54, 1.807) is 0 Å². The van der Waals surface area contributed by atoms with E-state index in [0.29, 0.717) is 0 Å². The molecular formula is C6H14N2OS. The van der Waals surface area contributed by atoms with Crippen LogP contribution in [0.4, 0.5) is 0 Å². The molecule has 1 heterocycles. The standard InChI is InChI=1S/C6H14N2OS/c1-7(2)8-3-5-10(9)6-4-8/h3-6H2,1-2H3. The number of hydrazine groups is 1. The third-order valence-corrected chi connectivity index (χ3v) is 3.00. The van der Waals surface area contributed by atoms with Crippen molar-refractivity contribution in [3.05, 3.63) is 0 Å². The molecule has 0 saturated carbocycles. The Hall–Kier alpha value is 0.0700. The Bertz CT molecular complexity index is 128. The van der Waals surface area contributed by atoms with Crippen molar-refractivity contribution in [2.24, 2.45) is 0 Å². The van der Waals surface area contributed by atoms with Gasteiger partial charge in [-0.15, -0.1) is 0 Å². The average molecular weight is 162 g/mol. The van der Waals surface area contributed by atoms with Crippen molar-refractivity contribution in [2.75, 3.05) is 38.7 Å². The fourth-order valence-electron chi connectivity index (χ4n) is 1.03. The lowest BCUT2D eigenvalue weighted by Gasteiger charge is -2.31. The van der Waals surface area contributed by atoms with Crippen LogP contribution in [0, 0.1) is 0 Å². The molecule has 0 aromatic heterocycles. The van der Waals surface area contributed by atoms with Gasteiger partial charge in [0.25, 0.3) is 0 Å². The van der Waals surface area contributed by atoms with Gasteiger partial charge in [-0.05, 0) is 0 Å². The molecule has 1 rings (SSSR count). The molecule has 0 atom stereocenters. The predicted molar refractivity (Wildman–Crippen MR) is 43.1 cm³/mol. The Labute approximate surface area is 64.4 Å². The third-order valence-electron chi connectivity index (χ3n) is 1.72. The molecule has 0 N–H and O–H groups in total. The lowest BCUT2D eigenvalue weighted by molar-refractivity contribution is 0.0360. The first-order valence-corrected chi connectivity index (χ1v) is 4.96. The SMILES string of the molecule is CN(C)N1CCS(=O)CC1. The summed E-state index contributed by atoms with van der Waals surface area (Å²) in [4.78, 5) is 0. The van der Waals surface area contributed by atoms with E-state index >= 15 is 0 Å². The van der Waals surface area contributed by atoms with Crippen molar-refractivity contribution < 1.29 is 4.21 Å². The van der Waals surface area contributed by atoms with Crippen molar-refractivity contribution in [3.63, 3.8) is 0 Å². The second kappa shape index (κ2) is 3.46. The van der Waals surface area contributed by atoms with Crippen molar-refractivity contribution in [3.8, 4) is 0 Å². The summed E-state index contributed by atoms with van der Waals surface area (Å²) in [6, 6.07) is 0. The zero-order valence-corrected chi connectivity index (χ0v) is 7.36. The molecule has 0 spiro atoms. The topological polar surface area (TPSA) is 23.6 Å². The summed E-state index contributed by atoms with van der Waals surface area (Å²) in [7, 11) is 3.50. The molecule has 1 aliphatic rings. The first-order chi connectivity index (χ1) is 4.70. The fraction of sp³-hybridized carbons (Fsp3) is 1.00. The van der Waals surface area contributed by atoms with Crippen molar-refractivity contribution in [1.29, 1.82) is 0 Å².